The van der Waals surface area contributed by atoms with Gasteiger partial charge in [-0.2, -0.15) is 0 Å². The first-order valence-corrected chi connectivity index (χ1v) is 5.69. The molecule has 2 heteroatoms. The highest BCUT2D eigenvalue weighted by atomic mass is 35.5. The van der Waals surface area contributed by atoms with Crippen molar-refractivity contribution in [1.29, 1.82) is 0 Å². The molecule has 0 fully saturated rings. The lowest BCUT2D eigenvalue weighted by atomic mass is 10.1. The van der Waals surface area contributed by atoms with Crippen LogP contribution in [0.25, 0.3) is 0 Å². The zero-order valence-corrected chi connectivity index (χ0v) is 10.1. The molecule has 13 heavy (non-hydrogen) atoms. The van der Waals surface area contributed by atoms with E-state index in [0.29, 0.717) is 5.92 Å². The van der Waals surface area contributed by atoms with E-state index in [9.17, 15) is 0 Å². The fraction of sp³-hybridized carbons (Fsp3) is 1.00. The summed E-state index contributed by atoms with van der Waals surface area (Å²) in [7, 11) is 0. The third-order valence-corrected chi connectivity index (χ3v) is 2.77. The van der Waals surface area contributed by atoms with Gasteiger partial charge in [0, 0.05) is 18.6 Å². The molecule has 1 nitrogen and oxygen atoms in total. The molecule has 0 aliphatic rings. The van der Waals surface area contributed by atoms with Crippen LogP contribution in [0.15, 0.2) is 0 Å². The average molecular weight is 207 g/mol. The van der Waals surface area contributed by atoms with Crippen LogP contribution in [0.3, 0.4) is 0 Å². The molecule has 0 aromatic heterocycles. The molecule has 0 aromatic rings. The van der Waals surface area contributed by atoms with Crippen molar-refractivity contribution in [3.8, 4) is 0 Å². The van der Waals surface area contributed by atoms with E-state index < -0.39 is 0 Å². The van der Waals surface area contributed by atoms with Crippen molar-refractivity contribution in [3.63, 3.8) is 0 Å². The second-order valence-electron chi connectivity index (χ2n) is 4.24. The summed E-state index contributed by atoms with van der Waals surface area (Å²) >= 11 is 5.94. The summed E-state index contributed by atoms with van der Waals surface area (Å²) in [5.41, 5.74) is 0. The van der Waals surface area contributed by atoms with Gasteiger partial charge in [-0.05, 0) is 31.6 Å². The molecule has 80 valence electrons. The van der Waals surface area contributed by atoms with Crippen molar-refractivity contribution in [3.05, 3.63) is 0 Å². The van der Waals surface area contributed by atoms with Crippen LogP contribution in [0.2, 0.25) is 0 Å². The maximum absolute atomic E-state index is 5.94. The summed E-state index contributed by atoms with van der Waals surface area (Å²) in [5.74, 6) is 1.30. The molecular formula is C11H23ClO. The highest BCUT2D eigenvalue weighted by Gasteiger charge is 2.08. The number of rotatable bonds is 7. The fourth-order valence-corrected chi connectivity index (χ4v) is 1.05. The lowest BCUT2D eigenvalue weighted by Gasteiger charge is -2.13. The molecule has 2 atom stereocenters. The topological polar surface area (TPSA) is 9.23 Å². The van der Waals surface area contributed by atoms with Crippen LogP contribution in [-0.4, -0.2) is 18.6 Å². The van der Waals surface area contributed by atoms with E-state index in [1.54, 1.807) is 0 Å². The van der Waals surface area contributed by atoms with Gasteiger partial charge in [0.05, 0.1) is 0 Å². The minimum Gasteiger partial charge on any atom is -0.381 e. The third kappa shape index (κ3) is 8.58. The molecule has 0 aromatic carbocycles. The van der Waals surface area contributed by atoms with Crippen LogP contribution in [0.1, 0.15) is 40.5 Å². The number of alkyl halides is 1. The molecule has 0 aliphatic carbocycles. The second-order valence-corrected chi connectivity index (χ2v) is 4.93. The van der Waals surface area contributed by atoms with Crippen LogP contribution < -0.4 is 0 Å². The molecule has 0 bridgehead atoms. The third-order valence-electron chi connectivity index (χ3n) is 2.34. The Bertz CT molecular complexity index is 113. The molecule has 0 amide bonds. The first-order chi connectivity index (χ1) is 6.04. The van der Waals surface area contributed by atoms with Gasteiger partial charge in [-0.15, -0.1) is 11.6 Å². The molecule has 0 N–H and O–H groups in total. The first kappa shape index (κ1) is 13.2. The Labute approximate surface area is 87.8 Å². The highest BCUT2D eigenvalue weighted by molar-refractivity contribution is 6.20. The maximum atomic E-state index is 5.94. The summed E-state index contributed by atoms with van der Waals surface area (Å²) in [5, 5.41) is 0.258. The van der Waals surface area contributed by atoms with Crippen LogP contribution in [0, 0.1) is 11.8 Å². The molecule has 2 unspecified atom stereocenters. The summed E-state index contributed by atoms with van der Waals surface area (Å²) in [6.45, 7) is 10.4. The number of ether oxygens (including phenoxy) is 1. The monoisotopic (exact) mass is 206 g/mol. The van der Waals surface area contributed by atoms with Gasteiger partial charge in [0.25, 0.3) is 0 Å². The lowest BCUT2D eigenvalue weighted by Crippen LogP contribution is -2.11. The number of hydrogen-bond acceptors (Lipinski definition) is 1. The number of hydrogen-bond donors (Lipinski definition) is 0. The largest absolute Gasteiger partial charge is 0.381 e. The van der Waals surface area contributed by atoms with Crippen molar-refractivity contribution in [2.75, 3.05) is 13.2 Å². The van der Waals surface area contributed by atoms with Gasteiger partial charge >= 0.3 is 0 Å². The number of halogens is 1. The molecule has 0 aliphatic heterocycles. The van der Waals surface area contributed by atoms with E-state index in [-0.39, 0.29) is 5.38 Å². The van der Waals surface area contributed by atoms with Crippen molar-refractivity contribution in [1.82, 2.24) is 0 Å². The average Bonchev–Trinajstić information content (AvgIpc) is 2.02. The molecule has 0 saturated carbocycles. The Morgan fingerprint density at radius 3 is 2.00 bits per heavy atom. The smallest absolute Gasteiger partial charge is 0.0469 e. The summed E-state index contributed by atoms with van der Waals surface area (Å²) in [6, 6.07) is 0. The van der Waals surface area contributed by atoms with Gasteiger partial charge in [0.1, 0.15) is 0 Å². The van der Waals surface area contributed by atoms with Gasteiger partial charge in [0.15, 0.2) is 0 Å². The summed E-state index contributed by atoms with van der Waals surface area (Å²) < 4.78 is 5.51. The quantitative estimate of drug-likeness (QED) is 0.456. The summed E-state index contributed by atoms with van der Waals surface area (Å²) in [6.07, 6.45) is 2.23. The minimum atomic E-state index is 0.258. The predicted molar refractivity (Wildman–Crippen MR) is 59.4 cm³/mol. The molecule has 0 radical (unpaired) electrons. The van der Waals surface area contributed by atoms with E-state index in [2.05, 4.69) is 20.8 Å². The Balaban J connectivity index is 3.16. The predicted octanol–water partition coefficient (Wildman–Crippen LogP) is 3.70. The Morgan fingerprint density at radius 1 is 1.00 bits per heavy atom. The van der Waals surface area contributed by atoms with E-state index in [1.807, 2.05) is 6.92 Å². The Morgan fingerprint density at radius 2 is 1.54 bits per heavy atom. The van der Waals surface area contributed by atoms with Crippen molar-refractivity contribution in [2.24, 2.45) is 11.8 Å². The van der Waals surface area contributed by atoms with E-state index in [1.165, 1.54) is 0 Å². The maximum Gasteiger partial charge on any atom is 0.0469 e. The zero-order chi connectivity index (χ0) is 10.3. The van der Waals surface area contributed by atoms with Gasteiger partial charge in [-0.3, -0.25) is 0 Å². The normalized spacial score (nSPS) is 16.2. The second kappa shape index (κ2) is 7.64. The van der Waals surface area contributed by atoms with Crippen LogP contribution in [0.4, 0.5) is 0 Å². The van der Waals surface area contributed by atoms with Crippen LogP contribution in [0.5, 0.6) is 0 Å². The van der Waals surface area contributed by atoms with Gasteiger partial charge in [-0.1, -0.05) is 20.8 Å². The standard InChI is InChI=1S/C11H23ClO/c1-9(2)5-7-13-8-6-10(3)11(4)12/h9-11H,5-8H2,1-4H3. The Hall–Kier alpha value is 0.250. The molecular weight excluding hydrogens is 184 g/mol. The van der Waals surface area contributed by atoms with E-state index >= 15 is 0 Å². The highest BCUT2D eigenvalue weighted by Crippen LogP contribution is 2.13. The summed E-state index contributed by atoms with van der Waals surface area (Å²) in [4.78, 5) is 0. The molecule has 0 saturated heterocycles. The van der Waals surface area contributed by atoms with Crippen LogP contribution in [-0.2, 0) is 4.74 Å². The van der Waals surface area contributed by atoms with Crippen LogP contribution >= 0.6 is 11.6 Å². The zero-order valence-electron chi connectivity index (χ0n) is 9.35. The minimum absolute atomic E-state index is 0.258. The van der Waals surface area contributed by atoms with Crippen molar-refractivity contribution in [2.45, 2.75) is 45.9 Å². The van der Waals surface area contributed by atoms with Crippen molar-refractivity contribution >= 4 is 11.6 Å². The van der Waals surface area contributed by atoms with E-state index in [4.69, 9.17) is 16.3 Å². The molecule has 0 rings (SSSR count). The van der Waals surface area contributed by atoms with Gasteiger partial charge in [0.2, 0.25) is 0 Å². The van der Waals surface area contributed by atoms with Gasteiger partial charge in [-0.25, -0.2) is 0 Å². The van der Waals surface area contributed by atoms with Crippen molar-refractivity contribution < 1.29 is 4.74 Å². The first-order valence-electron chi connectivity index (χ1n) is 5.25. The molecule has 0 heterocycles. The van der Waals surface area contributed by atoms with Gasteiger partial charge < -0.3 is 4.74 Å². The SMILES string of the molecule is CC(C)CCOCCC(C)C(C)Cl. The molecule has 0 spiro atoms. The van der Waals surface area contributed by atoms with E-state index in [0.717, 1.165) is 32.0 Å². The Kier molecular flexibility index (Phi) is 7.78. The fourth-order valence-electron chi connectivity index (χ4n) is 0.920. The lowest BCUT2D eigenvalue weighted by molar-refractivity contribution is 0.112.